The standard InChI is InChI=1S/C29H26Cl2N4O3/c1-17-6-2-3-7-19(17)16-32-29(38)35-25(18-8-4-9-18)15-24(34-35)21-14-20(12-13-26(21)36)33-28(37)27-22(30)10-5-11-23(27)31/h2-3,5-7,10-15,18,36H,4,8-9,16H2,1H3,(H,32,38)(H,33,37). The monoisotopic (exact) mass is 548 g/mol. The first kappa shape index (κ1) is 25.8. The lowest BCUT2D eigenvalue weighted by atomic mass is 9.82. The van der Waals surface area contributed by atoms with E-state index < -0.39 is 5.91 Å². The number of rotatable bonds is 6. The lowest BCUT2D eigenvalue weighted by Crippen LogP contribution is -2.31. The SMILES string of the molecule is Cc1ccccc1CNC(=O)n1nc(-c2cc(NC(=O)c3c(Cl)cccc3Cl)ccc2O)cc1C1CCC1. The zero-order valence-electron chi connectivity index (χ0n) is 20.7. The summed E-state index contributed by atoms with van der Waals surface area (Å²) in [5.41, 5.74) is 4.31. The smallest absolute Gasteiger partial charge is 0.342 e. The van der Waals surface area contributed by atoms with Crippen molar-refractivity contribution in [3.05, 3.63) is 99.2 Å². The average Bonchev–Trinajstić information content (AvgIpc) is 3.28. The second-order valence-electron chi connectivity index (χ2n) is 9.36. The second kappa shape index (κ2) is 10.9. The van der Waals surface area contributed by atoms with Gasteiger partial charge in [0.25, 0.3) is 5.91 Å². The van der Waals surface area contributed by atoms with Gasteiger partial charge < -0.3 is 15.7 Å². The van der Waals surface area contributed by atoms with E-state index in [0.717, 1.165) is 36.1 Å². The fourth-order valence-corrected chi connectivity index (χ4v) is 5.04. The Morgan fingerprint density at radius 3 is 2.45 bits per heavy atom. The maximum absolute atomic E-state index is 13.2. The first-order valence-electron chi connectivity index (χ1n) is 12.3. The van der Waals surface area contributed by atoms with Crippen LogP contribution < -0.4 is 10.6 Å². The quantitative estimate of drug-likeness (QED) is 0.223. The Hall–Kier alpha value is -3.81. The Bertz CT molecular complexity index is 1510. The molecule has 4 aromatic rings. The number of halogens is 2. The van der Waals surface area contributed by atoms with Gasteiger partial charge in [-0.1, -0.05) is 60.0 Å². The molecule has 0 bridgehead atoms. The summed E-state index contributed by atoms with van der Waals surface area (Å²) in [6.45, 7) is 2.38. The maximum Gasteiger partial charge on any atom is 0.342 e. The molecule has 0 saturated heterocycles. The Morgan fingerprint density at radius 1 is 1.03 bits per heavy atom. The summed E-state index contributed by atoms with van der Waals surface area (Å²) in [5.74, 6) is -0.287. The van der Waals surface area contributed by atoms with Crippen molar-refractivity contribution in [1.82, 2.24) is 15.1 Å². The molecule has 0 unspecified atom stereocenters. The van der Waals surface area contributed by atoms with Crippen LogP contribution >= 0.6 is 23.2 Å². The van der Waals surface area contributed by atoms with Crippen molar-refractivity contribution in [3.8, 4) is 17.0 Å². The molecule has 0 radical (unpaired) electrons. The molecular formula is C29H26Cl2N4O3. The Morgan fingerprint density at radius 2 is 1.76 bits per heavy atom. The van der Waals surface area contributed by atoms with Crippen LogP contribution in [0.3, 0.4) is 0 Å². The first-order valence-corrected chi connectivity index (χ1v) is 13.1. The number of carbonyl (C=O) groups excluding carboxylic acids is 2. The van der Waals surface area contributed by atoms with Gasteiger partial charge in [-0.3, -0.25) is 4.79 Å². The molecule has 5 rings (SSSR count). The van der Waals surface area contributed by atoms with E-state index in [1.54, 1.807) is 30.3 Å². The summed E-state index contributed by atoms with van der Waals surface area (Å²) in [4.78, 5) is 26.1. The molecule has 3 N–H and O–H groups in total. The van der Waals surface area contributed by atoms with Crippen LogP contribution in [-0.4, -0.2) is 26.8 Å². The van der Waals surface area contributed by atoms with Crippen LogP contribution in [0.5, 0.6) is 5.75 Å². The van der Waals surface area contributed by atoms with E-state index >= 15 is 0 Å². The zero-order chi connectivity index (χ0) is 26.8. The van der Waals surface area contributed by atoms with Gasteiger partial charge in [0.15, 0.2) is 0 Å². The number of amides is 2. The highest BCUT2D eigenvalue weighted by Crippen LogP contribution is 2.39. The number of hydrogen-bond acceptors (Lipinski definition) is 4. The minimum absolute atomic E-state index is 0.0242. The number of hydrogen-bond donors (Lipinski definition) is 3. The van der Waals surface area contributed by atoms with Crippen LogP contribution in [0.2, 0.25) is 10.0 Å². The molecule has 2 amide bonds. The number of nitrogens with zero attached hydrogens (tertiary/aromatic N) is 2. The lowest BCUT2D eigenvalue weighted by molar-refractivity contribution is 0.102. The van der Waals surface area contributed by atoms with Crippen molar-refractivity contribution >= 4 is 40.8 Å². The number of anilines is 1. The summed E-state index contributed by atoms with van der Waals surface area (Å²) in [6, 6.07) is 18.9. The molecule has 1 saturated carbocycles. The third kappa shape index (κ3) is 5.26. The van der Waals surface area contributed by atoms with Gasteiger partial charge in [-0.2, -0.15) is 9.78 Å². The Balaban J connectivity index is 1.42. The summed E-state index contributed by atoms with van der Waals surface area (Å²) >= 11 is 12.4. The largest absolute Gasteiger partial charge is 0.507 e. The zero-order valence-corrected chi connectivity index (χ0v) is 22.2. The van der Waals surface area contributed by atoms with E-state index in [0.29, 0.717) is 23.5 Å². The van der Waals surface area contributed by atoms with E-state index in [9.17, 15) is 14.7 Å². The number of benzene rings is 3. The third-order valence-electron chi connectivity index (χ3n) is 6.86. The number of phenols is 1. The van der Waals surface area contributed by atoms with Crippen LogP contribution in [0.4, 0.5) is 10.5 Å². The molecule has 0 aliphatic heterocycles. The highest BCUT2D eigenvalue weighted by Gasteiger charge is 2.28. The van der Waals surface area contributed by atoms with Crippen LogP contribution in [0.1, 0.15) is 52.4 Å². The molecule has 1 fully saturated rings. The Kier molecular flexibility index (Phi) is 7.40. The third-order valence-corrected chi connectivity index (χ3v) is 7.49. The van der Waals surface area contributed by atoms with Crippen molar-refractivity contribution in [1.29, 1.82) is 0 Å². The van der Waals surface area contributed by atoms with Crippen LogP contribution in [0, 0.1) is 6.92 Å². The summed E-state index contributed by atoms with van der Waals surface area (Å²) in [5, 5.41) is 21.4. The number of carbonyl (C=O) groups is 2. The van der Waals surface area contributed by atoms with Crippen molar-refractivity contribution in [2.45, 2.75) is 38.6 Å². The first-order chi connectivity index (χ1) is 18.3. The van der Waals surface area contributed by atoms with Gasteiger partial charge in [-0.05, 0) is 67.3 Å². The van der Waals surface area contributed by atoms with Crippen LogP contribution in [-0.2, 0) is 6.54 Å². The van der Waals surface area contributed by atoms with Gasteiger partial charge in [0.05, 0.1) is 27.0 Å². The average molecular weight is 549 g/mol. The Labute approximate surface area is 230 Å². The van der Waals surface area contributed by atoms with Crippen LogP contribution in [0.25, 0.3) is 11.3 Å². The van der Waals surface area contributed by atoms with Gasteiger partial charge >= 0.3 is 6.03 Å². The van der Waals surface area contributed by atoms with Crippen molar-refractivity contribution in [3.63, 3.8) is 0 Å². The summed E-state index contributed by atoms with van der Waals surface area (Å²) in [6.07, 6.45) is 3.03. The fourth-order valence-electron chi connectivity index (χ4n) is 4.47. The molecule has 0 atom stereocenters. The van der Waals surface area contributed by atoms with Gasteiger partial charge in [0, 0.05) is 23.7 Å². The summed E-state index contributed by atoms with van der Waals surface area (Å²) in [7, 11) is 0. The predicted octanol–water partition coefficient (Wildman–Crippen LogP) is 7.15. The minimum Gasteiger partial charge on any atom is -0.507 e. The maximum atomic E-state index is 13.2. The van der Waals surface area contributed by atoms with Gasteiger partial charge in [-0.15, -0.1) is 0 Å². The molecule has 3 aromatic carbocycles. The number of aromatic nitrogens is 2. The summed E-state index contributed by atoms with van der Waals surface area (Å²) < 4.78 is 1.39. The lowest BCUT2D eigenvalue weighted by Gasteiger charge is -2.25. The van der Waals surface area contributed by atoms with Crippen molar-refractivity contribution in [2.24, 2.45) is 0 Å². The van der Waals surface area contributed by atoms with Gasteiger partial charge in [-0.25, -0.2) is 4.79 Å². The number of nitrogens with one attached hydrogen (secondary N) is 2. The highest BCUT2D eigenvalue weighted by molar-refractivity contribution is 6.40. The number of aromatic hydroxyl groups is 1. The molecule has 1 heterocycles. The van der Waals surface area contributed by atoms with E-state index in [1.807, 2.05) is 37.3 Å². The fraction of sp³-hybridized carbons (Fsp3) is 0.207. The predicted molar refractivity (Wildman–Crippen MR) is 149 cm³/mol. The van der Waals surface area contributed by atoms with Gasteiger partial charge in [0.2, 0.25) is 0 Å². The van der Waals surface area contributed by atoms with E-state index in [4.69, 9.17) is 23.2 Å². The molecule has 7 nitrogen and oxygen atoms in total. The van der Waals surface area contributed by atoms with E-state index in [2.05, 4.69) is 15.7 Å². The molecule has 0 spiro atoms. The molecular weight excluding hydrogens is 523 g/mol. The van der Waals surface area contributed by atoms with Crippen molar-refractivity contribution < 1.29 is 14.7 Å². The minimum atomic E-state index is -0.478. The molecule has 1 aromatic heterocycles. The van der Waals surface area contributed by atoms with Crippen molar-refractivity contribution in [2.75, 3.05) is 5.32 Å². The molecule has 9 heteroatoms. The van der Waals surface area contributed by atoms with Crippen LogP contribution in [0.15, 0.2) is 66.7 Å². The highest BCUT2D eigenvalue weighted by atomic mass is 35.5. The number of phenolic OH excluding ortho intramolecular Hbond substituents is 1. The number of aryl methyl sites for hydroxylation is 1. The molecule has 1 aliphatic carbocycles. The van der Waals surface area contributed by atoms with E-state index in [-0.39, 0.29) is 33.3 Å². The second-order valence-corrected chi connectivity index (χ2v) is 10.2. The normalized spacial score (nSPS) is 13.1. The molecule has 194 valence electrons. The van der Waals surface area contributed by atoms with E-state index in [1.165, 1.54) is 10.7 Å². The molecule has 38 heavy (non-hydrogen) atoms. The molecule has 1 aliphatic rings. The van der Waals surface area contributed by atoms with Gasteiger partial charge in [0.1, 0.15) is 5.75 Å². The topological polar surface area (TPSA) is 96.3 Å².